The van der Waals surface area contributed by atoms with E-state index in [-0.39, 0.29) is 17.1 Å². The zero-order valence-corrected chi connectivity index (χ0v) is 13.2. The molecular formula is C14H17BrN2O4. The van der Waals surface area contributed by atoms with Gasteiger partial charge in [0, 0.05) is 28.9 Å². The van der Waals surface area contributed by atoms with Crippen LogP contribution in [0.5, 0.6) is 0 Å². The number of carbonyl (C=O) groups excluding carboxylic acids is 1. The number of halogens is 1. The summed E-state index contributed by atoms with van der Waals surface area (Å²) in [4.78, 5) is 23.0. The molecule has 1 aliphatic rings. The molecule has 0 unspecified atom stereocenters. The number of urea groups is 1. The normalized spacial score (nSPS) is 17.0. The summed E-state index contributed by atoms with van der Waals surface area (Å²) >= 11 is 3.23. The van der Waals surface area contributed by atoms with E-state index < -0.39 is 5.97 Å². The fourth-order valence-corrected chi connectivity index (χ4v) is 2.66. The van der Waals surface area contributed by atoms with Gasteiger partial charge in [-0.3, -0.25) is 0 Å². The van der Waals surface area contributed by atoms with Crippen molar-refractivity contribution in [1.29, 1.82) is 0 Å². The summed E-state index contributed by atoms with van der Waals surface area (Å²) in [6, 6.07) is 4.19. The van der Waals surface area contributed by atoms with Crippen LogP contribution < -0.4 is 10.6 Å². The minimum Gasteiger partial charge on any atom is -0.478 e. The minimum atomic E-state index is -1.05. The molecule has 0 saturated carbocycles. The van der Waals surface area contributed by atoms with Gasteiger partial charge in [-0.25, -0.2) is 9.59 Å². The van der Waals surface area contributed by atoms with Crippen LogP contribution in [0.15, 0.2) is 22.7 Å². The molecule has 3 N–H and O–H groups in total. The summed E-state index contributed by atoms with van der Waals surface area (Å²) in [6.07, 6.45) is 1.50. The molecule has 0 aromatic heterocycles. The minimum absolute atomic E-state index is 0.108. The van der Waals surface area contributed by atoms with Gasteiger partial charge in [0.2, 0.25) is 0 Å². The number of benzene rings is 1. The fourth-order valence-electron chi connectivity index (χ4n) is 2.17. The first-order valence-corrected chi connectivity index (χ1v) is 7.38. The Bertz CT molecular complexity index is 556. The molecule has 0 bridgehead atoms. The van der Waals surface area contributed by atoms with Crippen LogP contribution in [-0.2, 0) is 4.74 Å². The van der Waals surface area contributed by atoms with Crippen LogP contribution in [0.4, 0.5) is 10.5 Å². The molecule has 2 rings (SSSR count). The Morgan fingerprint density at radius 3 is 2.57 bits per heavy atom. The van der Waals surface area contributed by atoms with Crippen molar-refractivity contribution in [3.8, 4) is 0 Å². The standard InChI is InChI=1S/C14H17BrN2O4/c1-14(2-4-21-5-3-14)17-13(20)16-11-7-9(12(18)19)6-10(15)8-11/h6-8H,2-5H2,1H3,(H,18,19)(H2,16,17,20). The molecule has 1 aromatic carbocycles. The van der Waals surface area contributed by atoms with E-state index in [9.17, 15) is 9.59 Å². The third kappa shape index (κ3) is 4.44. The van der Waals surface area contributed by atoms with Crippen LogP contribution in [0.2, 0.25) is 0 Å². The van der Waals surface area contributed by atoms with Crippen molar-refractivity contribution < 1.29 is 19.4 Å². The second kappa shape index (κ2) is 6.44. The van der Waals surface area contributed by atoms with Crippen LogP contribution in [-0.4, -0.2) is 35.9 Å². The lowest BCUT2D eigenvalue weighted by atomic mass is 9.93. The van der Waals surface area contributed by atoms with Gasteiger partial charge in [0.15, 0.2) is 0 Å². The zero-order chi connectivity index (χ0) is 15.5. The predicted octanol–water partition coefficient (Wildman–Crippen LogP) is 2.84. The van der Waals surface area contributed by atoms with E-state index in [1.807, 2.05) is 6.92 Å². The van der Waals surface area contributed by atoms with Gasteiger partial charge in [-0.05, 0) is 38.0 Å². The molecule has 2 amide bonds. The zero-order valence-electron chi connectivity index (χ0n) is 11.6. The maximum atomic E-state index is 12.1. The van der Waals surface area contributed by atoms with E-state index in [1.165, 1.54) is 12.1 Å². The number of amides is 2. The second-order valence-electron chi connectivity index (χ2n) is 5.29. The highest BCUT2D eigenvalue weighted by Gasteiger charge is 2.29. The van der Waals surface area contributed by atoms with Crippen molar-refractivity contribution in [2.45, 2.75) is 25.3 Å². The molecule has 6 nitrogen and oxygen atoms in total. The molecule has 1 aliphatic heterocycles. The third-order valence-corrected chi connectivity index (χ3v) is 3.87. The first-order chi connectivity index (χ1) is 9.88. The third-order valence-electron chi connectivity index (χ3n) is 3.41. The average Bonchev–Trinajstić information content (AvgIpc) is 2.37. The van der Waals surface area contributed by atoms with E-state index in [0.717, 1.165) is 12.8 Å². The maximum Gasteiger partial charge on any atom is 0.335 e. The van der Waals surface area contributed by atoms with Crippen molar-refractivity contribution >= 4 is 33.6 Å². The van der Waals surface area contributed by atoms with E-state index in [0.29, 0.717) is 23.4 Å². The maximum absolute atomic E-state index is 12.1. The molecule has 1 heterocycles. The number of carboxylic acids is 1. The van der Waals surface area contributed by atoms with Crippen LogP contribution in [0.25, 0.3) is 0 Å². The lowest BCUT2D eigenvalue weighted by molar-refractivity contribution is 0.0499. The largest absolute Gasteiger partial charge is 0.478 e. The number of hydrogen-bond acceptors (Lipinski definition) is 3. The van der Waals surface area contributed by atoms with Crippen LogP contribution >= 0.6 is 15.9 Å². The van der Waals surface area contributed by atoms with E-state index >= 15 is 0 Å². The highest BCUT2D eigenvalue weighted by atomic mass is 79.9. The summed E-state index contributed by atoms with van der Waals surface area (Å²) in [5.74, 6) is -1.05. The lowest BCUT2D eigenvalue weighted by Gasteiger charge is -2.34. The number of carbonyl (C=O) groups is 2. The molecule has 0 radical (unpaired) electrons. The molecule has 1 fully saturated rings. The molecule has 114 valence electrons. The summed E-state index contributed by atoms with van der Waals surface area (Å²) in [5.41, 5.74) is 0.233. The Balaban J connectivity index is 2.04. The Labute approximate surface area is 131 Å². The summed E-state index contributed by atoms with van der Waals surface area (Å²) in [7, 11) is 0. The number of anilines is 1. The van der Waals surface area contributed by atoms with Crippen molar-refractivity contribution in [3.05, 3.63) is 28.2 Å². The predicted molar refractivity (Wildman–Crippen MR) is 81.7 cm³/mol. The summed E-state index contributed by atoms with van der Waals surface area (Å²) < 4.78 is 5.87. The number of hydrogen-bond donors (Lipinski definition) is 3. The quantitative estimate of drug-likeness (QED) is 0.776. The molecule has 0 aliphatic carbocycles. The molecule has 7 heteroatoms. The van der Waals surface area contributed by atoms with E-state index in [2.05, 4.69) is 26.6 Å². The number of nitrogens with one attached hydrogen (secondary N) is 2. The molecular weight excluding hydrogens is 340 g/mol. The molecule has 0 spiro atoms. The fraction of sp³-hybridized carbons (Fsp3) is 0.429. The van der Waals surface area contributed by atoms with Gasteiger partial charge in [-0.2, -0.15) is 0 Å². The van der Waals surface area contributed by atoms with Gasteiger partial charge in [0.05, 0.1) is 5.56 Å². The van der Waals surface area contributed by atoms with Gasteiger partial charge in [0.25, 0.3) is 0 Å². The van der Waals surface area contributed by atoms with Crippen LogP contribution in [0.3, 0.4) is 0 Å². The lowest BCUT2D eigenvalue weighted by Crippen LogP contribution is -2.51. The topological polar surface area (TPSA) is 87.7 Å². The van der Waals surface area contributed by atoms with Crippen LogP contribution in [0, 0.1) is 0 Å². The Hall–Kier alpha value is -1.60. The van der Waals surface area contributed by atoms with Gasteiger partial charge in [0.1, 0.15) is 0 Å². The smallest absolute Gasteiger partial charge is 0.335 e. The van der Waals surface area contributed by atoms with Gasteiger partial charge >= 0.3 is 12.0 Å². The molecule has 0 atom stereocenters. The van der Waals surface area contributed by atoms with Gasteiger partial charge < -0.3 is 20.5 Å². The van der Waals surface area contributed by atoms with Gasteiger partial charge in [-0.1, -0.05) is 15.9 Å². The SMILES string of the molecule is CC1(NC(=O)Nc2cc(Br)cc(C(=O)O)c2)CCOCC1. The highest BCUT2D eigenvalue weighted by Crippen LogP contribution is 2.22. The summed E-state index contributed by atoms with van der Waals surface area (Å²) in [6.45, 7) is 3.21. The summed E-state index contributed by atoms with van der Waals surface area (Å²) in [5, 5.41) is 14.6. The van der Waals surface area contributed by atoms with Crippen molar-refractivity contribution in [2.24, 2.45) is 0 Å². The number of ether oxygens (including phenoxy) is 1. The van der Waals surface area contributed by atoms with E-state index in [1.54, 1.807) is 6.07 Å². The molecule has 21 heavy (non-hydrogen) atoms. The number of aromatic carboxylic acids is 1. The van der Waals surface area contributed by atoms with Crippen molar-refractivity contribution in [3.63, 3.8) is 0 Å². The molecule has 1 aromatic rings. The van der Waals surface area contributed by atoms with Crippen molar-refractivity contribution in [1.82, 2.24) is 5.32 Å². The second-order valence-corrected chi connectivity index (χ2v) is 6.20. The Morgan fingerprint density at radius 2 is 1.95 bits per heavy atom. The van der Waals surface area contributed by atoms with E-state index in [4.69, 9.17) is 9.84 Å². The highest BCUT2D eigenvalue weighted by molar-refractivity contribution is 9.10. The Kier molecular flexibility index (Phi) is 4.84. The first-order valence-electron chi connectivity index (χ1n) is 6.59. The average molecular weight is 357 g/mol. The Morgan fingerprint density at radius 1 is 1.29 bits per heavy atom. The van der Waals surface area contributed by atoms with Crippen molar-refractivity contribution in [2.75, 3.05) is 18.5 Å². The van der Waals surface area contributed by atoms with Gasteiger partial charge in [-0.15, -0.1) is 0 Å². The monoisotopic (exact) mass is 356 g/mol. The molecule has 1 saturated heterocycles. The first kappa shape index (κ1) is 15.8. The van der Waals surface area contributed by atoms with Crippen LogP contribution in [0.1, 0.15) is 30.1 Å². The number of rotatable bonds is 3. The number of carboxylic acid groups (broad SMARTS) is 1.